The van der Waals surface area contributed by atoms with Crippen LogP contribution in [0, 0.1) is 0 Å². The van der Waals surface area contributed by atoms with E-state index in [1.54, 1.807) is 6.07 Å². The maximum absolute atomic E-state index is 13.2. The summed E-state index contributed by atoms with van der Waals surface area (Å²) in [7, 11) is -2.48. The molecule has 2 N–H and O–H groups in total. The van der Waals surface area contributed by atoms with Gasteiger partial charge in [-0.3, -0.25) is 20.4 Å². The molecule has 10 heteroatoms. The molecule has 1 saturated heterocycles. The van der Waals surface area contributed by atoms with Crippen molar-refractivity contribution in [1.29, 1.82) is 0 Å². The SMILES string of the molecule is COc1ccc(C(=O)NNC(=O)c2ccco2)cc1S(=O)(=O)N1CCCC[C@H]1C. The second-order valence-corrected chi connectivity index (χ2v) is 8.57. The summed E-state index contributed by atoms with van der Waals surface area (Å²) in [5.41, 5.74) is 4.52. The fourth-order valence-electron chi connectivity index (χ4n) is 3.23. The average Bonchev–Trinajstić information content (AvgIpc) is 3.26. The first kappa shape index (κ1) is 20.9. The monoisotopic (exact) mass is 421 g/mol. The summed E-state index contributed by atoms with van der Waals surface area (Å²) in [6, 6.07) is 6.95. The Labute approximate surface area is 169 Å². The molecule has 1 aromatic carbocycles. The van der Waals surface area contributed by atoms with Crippen LogP contribution in [-0.2, 0) is 10.0 Å². The smallest absolute Gasteiger partial charge is 0.305 e. The third kappa shape index (κ3) is 4.43. The first-order valence-corrected chi connectivity index (χ1v) is 10.6. The normalized spacial score (nSPS) is 17.5. The number of hydrazine groups is 1. The molecule has 1 atom stereocenters. The number of sulfonamides is 1. The molecule has 2 aromatic rings. The molecular formula is C19H23N3O6S. The predicted octanol–water partition coefficient (Wildman–Crippen LogP) is 1.93. The van der Waals surface area contributed by atoms with E-state index in [4.69, 9.17) is 9.15 Å². The van der Waals surface area contributed by atoms with E-state index in [0.717, 1.165) is 19.3 Å². The number of furan rings is 1. The molecule has 0 radical (unpaired) electrons. The van der Waals surface area contributed by atoms with Gasteiger partial charge in [-0.25, -0.2) is 8.42 Å². The zero-order valence-electron chi connectivity index (χ0n) is 16.2. The van der Waals surface area contributed by atoms with Crippen LogP contribution in [-0.4, -0.2) is 44.2 Å². The second kappa shape index (κ2) is 8.66. The van der Waals surface area contributed by atoms with Crippen LogP contribution in [0.3, 0.4) is 0 Å². The quantitative estimate of drug-likeness (QED) is 0.712. The van der Waals surface area contributed by atoms with Crippen molar-refractivity contribution < 1.29 is 27.2 Å². The molecule has 0 saturated carbocycles. The molecule has 0 bridgehead atoms. The zero-order valence-corrected chi connectivity index (χ0v) is 17.0. The van der Waals surface area contributed by atoms with E-state index in [9.17, 15) is 18.0 Å². The molecule has 9 nitrogen and oxygen atoms in total. The third-order valence-electron chi connectivity index (χ3n) is 4.79. The molecule has 156 valence electrons. The van der Waals surface area contributed by atoms with Crippen molar-refractivity contribution >= 4 is 21.8 Å². The minimum absolute atomic E-state index is 0.0300. The number of nitrogens with zero attached hydrogens (tertiary/aromatic N) is 1. The van der Waals surface area contributed by atoms with Crippen LogP contribution in [0.25, 0.3) is 0 Å². The highest BCUT2D eigenvalue weighted by Crippen LogP contribution is 2.31. The van der Waals surface area contributed by atoms with Gasteiger partial charge in [0.05, 0.1) is 13.4 Å². The second-order valence-electron chi connectivity index (χ2n) is 6.71. The van der Waals surface area contributed by atoms with E-state index < -0.39 is 21.8 Å². The van der Waals surface area contributed by atoms with Gasteiger partial charge in [-0.15, -0.1) is 0 Å². The molecule has 0 aliphatic carbocycles. The van der Waals surface area contributed by atoms with Gasteiger partial charge in [0, 0.05) is 18.2 Å². The van der Waals surface area contributed by atoms with E-state index >= 15 is 0 Å². The number of methoxy groups -OCH3 is 1. The van der Waals surface area contributed by atoms with Gasteiger partial charge in [0.25, 0.3) is 5.91 Å². The summed E-state index contributed by atoms with van der Waals surface area (Å²) in [6.07, 6.45) is 3.87. The topological polar surface area (TPSA) is 118 Å². The largest absolute Gasteiger partial charge is 0.495 e. The Morgan fingerprint density at radius 1 is 1.17 bits per heavy atom. The van der Waals surface area contributed by atoms with Crippen LogP contribution >= 0.6 is 0 Å². The minimum Gasteiger partial charge on any atom is -0.495 e. The van der Waals surface area contributed by atoms with Crippen molar-refractivity contribution in [1.82, 2.24) is 15.2 Å². The van der Waals surface area contributed by atoms with Crippen molar-refractivity contribution in [2.45, 2.75) is 37.1 Å². The van der Waals surface area contributed by atoms with E-state index in [1.807, 2.05) is 6.92 Å². The number of hydrogen-bond donors (Lipinski definition) is 2. The van der Waals surface area contributed by atoms with Gasteiger partial charge >= 0.3 is 5.91 Å². The van der Waals surface area contributed by atoms with Gasteiger partial charge in [-0.2, -0.15) is 4.31 Å². The number of ether oxygens (including phenoxy) is 1. The fraction of sp³-hybridized carbons (Fsp3) is 0.368. The van der Waals surface area contributed by atoms with Crippen LogP contribution in [0.4, 0.5) is 0 Å². The fourth-order valence-corrected chi connectivity index (χ4v) is 5.11. The Morgan fingerprint density at radius 2 is 1.93 bits per heavy atom. The van der Waals surface area contributed by atoms with Crippen LogP contribution in [0.5, 0.6) is 5.75 Å². The molecule has 1 aromatic heterocycles. The Kier molecular flexibility index (Phi) is 6.23. The van der Waals surface area contributed by atoms with E-state index in [1.165, 1.54) is 41.9 Å². The molecule has 1 fully saturated rings. The van der Waals surface area contributed by atoms with Gasteiger partial charge in [-0.1, -0.05) is 6.42 Å². The zero-order chi connectivity index (χ0) is 21.0. The Hall–Kier alpha value is -2.85. The maximum atomic E-state index is 13.2. The van der Waals surface area contributed by atoms with Crippen LogP contribution in [0.2, 0.25) is 0 Å². The molecular weight excluding hydrogens is 398 g/mol. The number of nitrogens with one attached hydrogen (secondary N) is 2. The number of carbonyl (C=O) groups is 2. The number of rotatable bonds is 5. The number of benzene rings is 1. The predicted molar refractivity (Wildman–Crippen MR) is 104 cm³/mol. The highest BCUT2D eigenvalue weighted by Gasteiger charge is 2.33. The highest BCUT2D eigenvalue weighted by atomic mass is 32.2. The van der Waals surface area contributed by atoms with Gasteiger partial charge < -0.3 is 9.15 Å². The minimum atomic E-state index is -3.85. The highest BCUT2D eigenvalue weighted by molar-refractivity contribution is 7.89. The van der Waals surface area contributed by atoms with Crippen molar-refractivity contribution in [2.75, 3.05) is 13.7 Å². The Balaban J connectivity index is 1.82. The molecule has 0 spiro atoms. The Bertz CT molecular complexity index is 987. The Morgan fingerprint density at radius 3 is 2.59 bits per heavy atom. The lowest BCUT2D eigenvalue weighted by atomic mass is 10.1. The van der Waals surface area contributed by atoms with Crippen molar-refractivity contribution in [3.05, 3.63) is 47.9 Å². The van der Waals surface area contributed by atoms with Crippen LogP contribution < -0.4 is 15.6 Å². The molecule has 2 heterocycles. The summed E-state index contributed by atoms with van der Waals surface area (Å²) in [5.74, 6) is -1.12. The molecule has 3 rings (SSSR count). The van der Waals surface area contributed by atoms with E-state index in [-0.39, 0.29) is 28.0 Å². The van der Waals surface area contributed by atoms with Gasteiger partial charge in [0.2, 0.25) is 10.0 Å². The lowest BCUT2D eigenvalue weighted by molar-refractivity contribution is 0.0830. The molecule has 1 aliphatic heterocycles. The molecule has 1 aliphatic rings. The number of carbonyl (C=O) groups excluding carboxylic acids is 2. The van der Waals surface area contributed by atoms with Crippen molar-refractivity contribution in [3.63, 3.8) is 0 Å². The summed E-state index contributed by atoms with van der Waals surface area (Å²) < 4.78 is 38.0. The molecule has 29 heavy (non-hydrogen) atoms. The summed E-state index contributed by atoms with van der Waals surface area (Å²) in [6.45, 7) is 2.28. The number of piperidine rings is 1. The number of amides is 2. The standard InChI is InChI=1S/C19H23N3O6S/c1-13-6-3-4-10-22(13)29(25,26)17-12-14(8-9-15(17)27-2)18(23)20-21-19(24)16-7-5-11-28-16/h5,7-9,11-13H,3-4,6,10H2,1-2H3,(H,20,23)(H,21,24)/t13-/m1/s1. The first-order valence-electron chi connectivity index (χ1n) is 9.18. The number of hydrogen-bond acceptors (Lipinski definition) is 6. The summed E-state index contributed by atoms with van der Waals surface area (Å²) in [5, 5.41) is 0. The lowest BCUT2D eigenvalue weighted by Gasteiger charge is -2.32. The van der Waals surface area contributed by atoms with Crippen molar-refractivity contribution in [2.24, 2.45) is 0 Å². The van der Waals surface area contributed by atoms with Gasteiger partial charge in [0.15, 0.2) is 5.76 Å². The van der Waals surface area contributed by atoms with E-state index in [0.29, 0.717) is 6.54 Å². The van der Waals surface area contributed by atoms with Gasteiger partial charge in [0.1, 0.15) is 10.6 Å². The maximum Gasteiger partial charge on any atom is 0.305 e. The van der Waals surface area contributed by atoms with Gasteiger partial charge in [-0.05, 0) is 50.1 Å². The van der Waals surface area contributed by atoms with Crippen LogP contribution in [0.1, 0.15) is 47.1 Å². The lowest BCUT2D eigenvalue weighted by Crippen LogP contribution is -2.42. The molecule has 2 amide bonds. The average molecular weight is 421 g/mol. The third-order valence-corrected chi connectivity index (χ3v) is 6.82. The van der Waals surface area contributed by atoms with Crippen molar-refractivity contribution in [3.8, 4) is 5.75 Å². The van der Waals surface area contributed by atoms with E-state index in [2.05, 4.69) is 10.9 Å². The van der Waals surface area contributed by atoms with Crippen LogP contribution in [0.15, 0.2) is 45.9 Å². The molecule has 0 unspecified atom stereocenters. The summed E-state index contributed by atoms with van der Waals surface area (Å²) in [4.78, 5) is 24.2. The summed E-state index contributed by atoms with van der Waals surface area (Å²) >= 11 is 0. The first-order chi connectivity index (χ1) is 13.8.